The molecule has 0 fully saturated rings. The van der Waals surface area contributed by atoms with Gasteiger partial charge in [0.05, 0.1) is 0 Å². The van der Waals surface area contributed by atoms with Crippen LogP contribution in [0.15, 0.2) is 71.1 Å². The molecule has 3 aromatic carbocycles. The lowest BCUT2D eigenvalue weighted by molar-refractivity contribution is 0.102. The maximum absolute atomic E-state index is 12.6. The summed E-state index contributed by atoms with van der Waals surface area (Å²) in [6.45, 7) is 3.80. The fraction of sp³-hybridized carbons (Fsp3) is 0.0833. The van der Waals surface area contributed by atoms with Gasteiger partial charge in [-0.15, -0.1) is 10.2 Å². The Morgan fingerprint density at radius 3 is 2.43 bits per heavy atom. The zero-order valence-electron chi connectivity index (χ0n) is 16.6. The summed E-state index contributed by atoms with van der Waals surface area (Å²) < 4.78 is 5.53. The summed E-state index contributed by atoms with van der Waals surface area (Å²) in [5.74, 6) is 0.807. The van der Waals surface area contributed by atoms with Crippen LogP contribution in [-0.2, 0) is 0 Å². The molecule has 6 nitrogen and oxygen atoms in total. The molecule has 0 bridgehead atoms. The second-order valence-corrected chi connectivity index (χ2v) is 6.96. The highest BCUT2D eigenvalue weighted by molar-refractivity contribution is 6.04. The lowest BCUT2D eigenvalue weighted by atomic mass is 9.97. The molecule has 148 valence electrons. The number of nitrogens with zero attached hydrogens (tertiary/aromatic N) is 2. The van der Waals surface area contributed by atoms with Crippen molar-refractivity contribution in [1.82, 2.24) is 10.2 Å². The number of amides is 1. The molecule has 4 aromatic rings. The van der Waals surface area contributed by atoms with Gasteiger partial charge in [-0.25, -0.2) is 0 Å². The topological polar surface area (TPSA) is 91.9 Å². The van der Waals surface area contributed by atoms with E-state index in [2.05, 4.69) is 15.5 Å². The van der Waals surface area contributed by atoms with Crippen molar-refractivity contribution in [3.05, 3.63) is 89.3 Å². The monoisotopic (exact) mass is 396 g/mol. The van der Waals surface area contributed by atoms with Crippen molar-refractivity contribution in [1.29, 1.82) is 5.41 Å². The number of rotatable bonds is 5. The Morgan fingerprint density at radius 2 is 1.73 bits per heavy atom. The van der Waals surface area contributed by atoms with Gasteiger partial charge in [0.1, 0.15) is 0 Å². The molecule has 0 radical (unpaired) electrons. The summed E-state index contributed by atoms with van der Waals surface area (Å²) in [5, 5.41) is 18.2. The van der Waals surface area contributed by atoms with Gasteiger partial charge in [-0.2, -0.15) is 0 Å². The quantitative estimate of drug-likeness (QED) is 0.450. The van der Waals surface area contributed by atoms with Crippen molar-refractivity contribution in [2.45, 2.75) is 13.8 Å². The number of carbonyl (C=O) groups is 1. The minimum atomic E-state index is -0.199. The number of aryl methyl sites for hydroxylation is 2. The molecule has 0 aliphatic carbocycles. The van der Waals surface area contributed by atoms with Crippen LogP contribution >= 0.6 is 0 Å². The molecule has 4 rings (SSSR count). The molecule has 0 saturated carbocycles. The molecule has 0 spiro atoms. The highest BCUT2D eigenvalue weighted by Gasteiger charge is 2.11. The van der Waals surface area contributed by atoms with Gasteiger partial charge in [0, 0.05) is 30.0 Å². The molecule has 6 heteroatoms. The lowest BCUT2D eigenvalue weighted by Crippen LogP contribution is -2.11. The first-order valence-corrected chi connectivity index (χ1v) is 9.47. The Bertz CT molecular complexity index is 1230. The molecule has 0 aliphatic heterocycles. The van der Waals surface area contributed by atoms with Crippen LogP contribution in [0.1, 0.15) is 27.4 Å². The first-order valence-electron chi connectivity index (χ1n) is 9.47. The maximum Gasteiger partial charge on any atom is 0.255 e. The molecule has 0 unspecified atom stereocenters. The van der Waals surface area contributed by atoms with Crippen molar-refractivity contribution in [3.8, 4) is 22.6 Å². The molecule has 1 heterocycles. The number of anilines is 1. The first-order chi connectivity index (χ1) is 14.5. The normalized spacial score (nSPS) is 10.6. The molecule has 0 aliphatic rings. The van der Waals surface area contributed by atoms with E-state index in [4.69, 9.17) is 9.83 Å². The van der Waals surface area contributed by atoms with E-state index in [1.807, 2.05) is 43.3 Å². The summed E-state index contributed by atoms with van der Waals surface area (Å²) in [6.07, 6.45) is 1.25. The van der Waals surface area contributed by atoms with Crippen LogP contribution in [0, 0.1) is 19.3 Å². The van der Waals surface area contributed by atoms with Gasteiger partial charge in [-0.3, -0.25) is 4.79 Å². The van der Waals surface area contributed by atoms with Gasteiger partial charge in [0.15, 0.2) is 0 Å². The van der Waals surface area contributed by atoms with Crippen molar-refractivity contribution in [2.24, 2.45) is 0 Å². The fourth-order valence-electron chi connectivity index (χ4n) is 3.19. The minimum absolute atomic E-state index is 0.199. The third kappa shape index (κ3) is 4.03. The average Bonchev–Trinajstić information content (AvgIpc) is 3.20. The maximum atomic E-state index is 12.6. The fourth-order valence-corrected chi connectivity index (χ4v) is 3.19. The summed E-state index contributed by atoms with van der Waals surface area (Å²) in [6, 6.07) is 20.6. The molecule has 1 aromatic heterocycles. The van der Waals surface area contributed by atoms with Crippen LogP contribution in [0.4, 0.5) is 5.69 Å². The van der Waals surface area contributed by atoms with Crippen LogP contribution in [0.3, 0.4) is 0 Å². The Kier molecular flexibility index (Phi) is 5.22. The summed E-state index contributed by atoms with van der Waals surface area (Å²) in [4.78, 5) is 12.6. The van der Waals surface area contributed by atoms with E-state index in [-0.39, 0.29) is 5.91 Å². The Hall–Kier alpha value is -4.06. The van der Waals surface area contributed by atoms with Crippen molar-refractivity contribution in [3.63, 3.8) is 0 Å². The van der Waals surface area contributed by atoms with Crippen LogP contribution in [0.2, 0.25) is 0 Å². The van der Waals surface area contributed by atoms with Crippen molar-refractivity contribution in [2.75, 3.05) is 5.32 Å². The van der Waals surface area contributed by atoms with E-state index in [9.17, 15) is 4.79 Å². The van der Waals surface area contributed by atoms with E-state index >= 15 is 0 Å². The number of carbonyl (C=O) groups excluding carboxylic acids is 1. The predicted molar refractivity (Wildman–Crippen MR) is 117 cm³/mol. The van der Waals surface area contributed by atoms with Crippen molar-refractivity contribution >= 4 is 17.8 Å². The first kappa shape index (κ1) is 19.3. The second kappa shape index (κ2) is 8.13. The van der Waals surface area contributed by atoms with E-state index in [1.54, 1.807) is 37.3 Å². The van der Waals surface area contributed by atoms with Gasteiger partial charge < -0.3 is 15.1 Å². The van der Waals surface area contributed by atoms with Gasteiger partial charge in [-0.1, -0.05) is 30.3 Å². The predicted octanol–water partition coefficient (Wildman–Crippen LogP) is 5.27. The standard InChI is InChI=1S/C24H20N4O2/c1-15-6-7-20(24-28-27-16(2)30-24)13-22(15)18-8-10-19(11-9-18)23(29)26-21-5-3-4-17(12-21)14-25/h3-14,25H,1-2H3,(H,26,29). The number of hydrogen-bond acceptors (Lipinski definition) is 5. The number of aromatic nitrogens is 2. The van der Waals surface area contributed by atoms with E-state index in [1.165, 1.54) is 6.21 Å². The van der Waals surface area contributed by atoms with Gasteiger partial charge >= 0.3 is 0 Å². The molecule has 2 N–H and O–H groups in total. The Morgan fingerprint density at radius 1 is 0.967 bits per heavy atom. The summed E-state index contributed by atoms with van der Waals surface area (Å²) in [7, 11) is 0. The third-order valence-corrected chi connectivity index (χ3v) is 4.78. The van der Waals surface area contributed by atoms with Gasteiger partial charge in [0.2, 0.25) is 11.8 Å². The van der Waals surface area contributed by atoms with Crippen molar-refractivity contribution < 1.29 is 9.21 Å². The lowest BCUT2D eigenvalue weighted by Gasteiger charge is -2.10. The zero-order chi connectivity index (χ0) is 21.1. The van der Waals surface area contributed by atoms with Gasteiger partial charge in [-0.05, 0) is 65.6 Å². The average molecular weight is 396 g/mol. The molecule has 1 amide bonds. The van der Waals surface area contributed by atoms with Crippen LogP contribution < -0.4 is 5.32 Å². The van der Waals surface area contributed by atoms with Crippen LogP contribution in [-0.4, -0.2) is 22.3 Å². The van der Waals surface area contributed by atoms with Crippen LogP contribution in [0.25, 0.3) is 22.6 Å². The summed E-state index contributed by atoms with van der Waals surface area (Å²) >= 11 is 0. The largest absolute Gasteiger partial charge is 0.421 e. The van der Waals surface area contributed by atoms with E-state index in [0.29, 0.717) is 23.0 Å². The van der Waals surface area contributed by atoms with Gasteiger partial charge in [0.25, 0.3) is 5.91 Å². The summed E-state index contributed by atoms with van der Waals surface area (Å²) in [5.41, 5.74) is 5.93. The molecule has 0 saturated heterocycles. The number of nitrogens with one attached hydrogen (secondary N) is 2. The van der Waals surface area contributed by atoms with E-state index < -0.39 is 0 Å². The zero-order valence-corrected chi connectivity index (χ0v) is 16.6. The number of benzene rings is 3. The van der Waals surface area contributed by atoms with E-state index in [0.717, 1.165) is 27.8 Å². The Labute approximate surface area is 174 Å². The third-order valence-electron chi connectivity index (χ3n) is 4.78. The smallest absolute Gasteiger partial charge is 0.255 e. The molecular formula is C24H20N4O2. The highest BCUT2D eigenvalue weighted by atomic mass is 16.4. The Balaban J connectivity index is 1.57. The number of hydrogen-bond donors (Lipinski definition) is 2. The SMILES string of the molecule is Cc1nnc(-c2ccc(C)c(-c3ccc(C(=O)Nc4cccc(C=N)c4)cc3)c2)o1. The molecule has 30 heavy (non-hydrogen) atoms. The highest BCUT2D eigenvalue weighted by Crippen LogP contribution is 2.29. The van der Waals surface area contributed by atoms with Crippen LogP contribution in [0.5, 0.6) is 0 Å². The molecular weight excluding hydrogens is 376 g/mol. The minimum Gasteiger partial charge on any atom is -0.421 e. The molecule has 0 atom stereocenters. The second-order valence-electron chi connectivity index (χ2n) is 6.96.